The number of hydrogen-bond acceptors (Lipinski definition) is 5. The number of carbonyl (C=O) groups excluding carboxylic acids is 1. The molecule has 0 aliphatic carbocycles. The number of anilines is 1. The first-order valence-corrected chi connectivity index (χ1v) is 10.0. The van der Waals surface area contributed by atoms with Gasteiger partial charge in [-0.25, -0.2) is 4.79 Å². The summed E-state index contributed by atoms with van der Waals surface area (Å²) in [7, 11) is 0. The highest BCUT2D eigenvalue weighted by Crippen LogP contribution is 2.37. The maximum atomic E-state index is 12.8. The molecule has 1 N–H and O–H groups in total. The minimum absolute atomic E-state index is 0.137. The van der Waals surface area contributed by atoms with Crippen molar-refractivity contribution in [1.82, 2.24) is 0 Å². The first-order chi connectivity index (χ1) is 13.9. The van der Waals surface area contributed by atoms with Gasteiger partial charge in [0.1, 0.15) is 11.5 Å². The van der Waals surface area contributed by atoms with Crippen LogP contribution in [0.1, 0.15) is 16.1 Å². The minimum Gasteiger partial charge on any atom is -0.478 e. The van der Waals surface area contributed by atoms with Crippen LogP contribution >= 0.6 is 35.6 Å². The van der Waals surface area contributed by atoms with Crippen molar-refractivity contribution in [2.24, 2.45) is 0 Å². The van der Waals surface area contributed by atoms with Crippen LogP contribution in [0.3, 0.4) is 0 Å². The number of carboxylic acid groups (broad SMARTS) is 1. The number of carboxylic acids is 1. The van der Waals surface area contributed by atoms with E-state index in [1.807, 2.05) is 18.2 Å². The van der Waals surface area contributed by atoms with E-state index in [4.69, 9.17) is 33.3 Å². The summed E-state index contributed by atoms with van der Waals surface area (Å²) < 4.78 is 6.19. The number of rotatable bonds is 4. The van der Waals surface area contributed by atoms with Crippen molar-refractivity contribution in [2.75, 3.05) is 4.90 Å². The minimum atomic E-state index is -1.03. The Morgan fingerprint density at radius 1 is 1.10 bits per heavy atom. The number of nitrogens with zero attached hydrogens (tertiary/aromatic N) is 1. The van der Waals surface area contributed by atoms with Crippen LogP contribution in [-0.4, -0.2) is 21.3 Å². The van der Waals surface area contributed by atoms with E-state index in [9.17, 15) is 9.59 Å². The zero-order chi connectivity index (χ0) is 20.5. The van der Waals surface area contributed by atoms with Gasteiger partial charge in [0.2, 0.25) is 0 Å². The van der Waals surface area contributed by atoms with Crippen molar-refractivity contribution >= 4 is 63.5 Å². The van der Waals surface area contributed by atoms with Gasteiger partial charge in [-0.1, -0.05) is 47.7 Å². The quantitative estimate of drug-likeness (QED) is 0.413. The zero-order valence-electron chi connectivity index (χ0n) is 14.7. The fraction of sp³-hybridized carbons (Fsp3) is 0. The number of amides is 1. The van der Waals surface area contributed by atoms with Gasteiger partial charge in [0, 0.05) is 11.6 Å². The zero-order valence-corrected chi connectivity index (χ0v) is 17.1. The highest BCUT2D eigenvalue weighted by Gasteiger charge is 2.33. The monoisotopic (exact) mass is 441 g/mol. The topological polar surface area (TPSA) is 70.8 Å². The first-order valence-electron chi connectivity index (χ1n) is 8.40. The molecular formula is C21H12ClNO4S2. The molecule has 5 nitrogen and oxygen atoms in total. The normalized spacial score (nSPS) is 15.3. The van der Waals surface area contributed by atoms with Crippen LogP contribution in [0, 0.1) is 0 Å². The van der Waals surface area contributed by atoms with Crippen molar-refractivity contribution < 1.29 is 19.1 Å². The third kappa shape index (κ3) is 3.85. The van der Waals surface area contributed by atoms with E-state index in [1.165, 1.54) is 17.0 Å². The average Bonchev–Trinajstić information content (AvgIpc) is 3.27. The van der Waals surface area contributed by atoms with Gasteiger partial charge in [-0.15, -0.1) is 0 Å². The van der Waals surface area contributed by atoms with Gasteiger partial charge in [-0.05, 0) is 48.5 Å². The number of carbonyl (C=O) groups is 2. The Hall–Kier alpha value is -2.87. The van der Waals surface area contributed by atoms with Gasteiger partial charge in [0.25, 0.3) is 5.91 Å². The number of benzene rings is 2. The van der Waals surface area contributed by atoms with E-state index < -0.39 is 5.97 Å². The predicted molar refractivity (Wildman–Crippen MR) is 118 cm³/mol. The summed E-state index contributed by atoms with van der Waals surface area (Å²) >= 11 is 12.7. The lowest BCUT2D eigenvalue weighted by molar-refractivity contribution is -0.113. The molecular weight excluding hydrogens is 430 g/mol. The summed E-state index contributed by atoms with van der Waals surface area (Å²) in [5.74, 6) is -0.226. The van der Waals surface area contributed by atoms with E-state index in [2.05, 4.69) is 0 Å². The van der Waals surface area contributed by atoms with E-state index in [0.717, 1.165) is 17.3 Å². The van der Waals surface area contributed by atoms with E-state index in [1.54, 1.807) is 36.4 Å². The van der Waals surface area contributed by atoms with Crippen molar-refractivity contribution in [2.45, 2.75) is 0 Å². The Kier molecular flexibility index (Phi) is 5.27. The van der Waals surface area contributed by atoms with Gasteiger partial charge < -0.3 is 9.52 Å². The number of hydrogen-bond donors (Lipinski definition) is 1. The van der Waals surface area contributed by atoms with E-state index in [0.29, 0.717) is 31.5 Å². The maximum Gasteiger partial charge on any atom is 0.335 e. The second kappa shape index (κ2) is 7.87. The smallest absolute Gasteiger partial charge is 0.335 e. The van der Waals surface area contributed by atoms with Crippen molar-refractivity contribution in [3.05, 3.63) is 81.9 Å². The molecule has 0 saturated carbocycles. The number of thioether (sulfide) groups is 1. The third-order valence-corrected chi connectivity index (χ3v) is 5.84. The van der Waals surface area contributed by atoms with Gasteiger partial charge in [0.05, 0.1) is 21.2 Å². The molecule has 1 aromatic heterocycles. The predicted octanol–water partition coefficient (Wildman–Crippen LogP) is 5.70. The lowest BCUT2D eigenvalue weighted by atomic mass is 10.2. The first kappa shape index (κ1) is 19.4. The summed E-state index contributed by atoms with van der Waals surface area (Å²) in [6.07, 6.45) is 1.63. The van der Waals surface area contributed by atoms with E-state index in [-0.39, 0.29) is 11.5 Å². The lowest BCUT2D eigenvalue weighted by Gasteiger charge is -2.14. The molecule has 29 heavy (non-hydrogen) atoms. The largest absolute Gasteiger partial charge is 0.478 e. The summed E-state index contributed by atoms with van der Waals surface area (Å²) in [5.41, 5.74) is 1.41. The highest BCUT2D eigenvalue weighted by atomic mass is 35.5. The van der Waals surface area contributed by atoms with Crippen molar-refractivity contribution in [1.29, 1.82) is 0 Å². The van der Waals surface area contributed by atoms with Crippen LogP contribution < -0.4 is 4.90 Å². The summed E-state index contributed by atoms with van der Waals surface area (Å²) in [6, 6.07) is 16.9. The molecule has 1 fully saturated rings. The molecule has 1 saturated heterocycles. The van der Waals surface area contributed by atoms with Gasteiger partial charge in [0.15, 0.2) is 4.32 Å². The number of halogens is 1. The van der Waals surface area contributed by atoms with Crippen LogP contribution in [0.15, 0.2) is 70.0 Å². The molecule has 0 spiro atoms. The van der Waals surface area contributed by atoms with Crippen molar-refractivity contribution in [3.8, 4) is 11.3 Å². The van der Waals surface area contributed by atoms with Gasteiger partial charge in [-0.3, -0.25) is 9.69 Å². The number of thiocarbonyl (C=S) groups is 1. The fourth-order valence-corrected chi connectivity index (χ4v) is 4.32. The fourth-order valence-electron chi connectivity index (χ4n) is 2.81. The lowest BCUT2D eigenvalue weighted by Crippen LogP contribution is -2.27. The summed E-state index contributed by atoms with van der Waals surface area (Å²) in [6.45, 7) is 0. The van der Waals surface area contributed by atoms with Crippen LogP contribution in [0.25, 0.3) is 17.4 Å². The van der Waals surface area contributed by atoms with Crippen LogP contribution in [0.4, 0.5) is 5.69 Å². The molecule has 2 heterocycles. The standard InChI is InChI=1S/C21H12ClNO4S2/c22-16-4-2-1-3-15(16)17-10-9-14(27-17)11-18-19(24)23(21(28)29-18)13-7-5-12(6-8-13)20(25)26/h1-11H,(H,25,26)/b18-11+. The molecule has 1 aliphatic rings. The maximum absolute atomic E-state index is 12.8. The molecule has 0 bridgehead atoms. The van der Waals surface area contributed by atoms with Gasteiger partial charge in [-0.2, -0.15) is 0 Å². The van der Waals surface area contributed by atoms with Crippen molar-refractivity contribution in [3.63, 3.8) is 0 Å². The number of aromatic carboxylic acids is 1. The molecule has 8 heteroatoms. The van der Waals surface area contributed by atoms with E-state index >= 15 is 0 Å². The molecule has 0 atom stereocenters. The molecule has 3 aromatic rings. The second-order valence-electron chi connectivity index (χ2n) is 6.05. The Morgan fingerprint density at radius 2 is 1.83 bits per heavy atom. The summed E-state index contributed by atoms with van der Waals surface area (Å²) in [5, 5.41) is 9.59. The summed E-state index contributed by atoms with van der Waals surface area (Å²) in [4.78, 5) is 25.6. The van der Waals surface area contributed by atoms with Crippen LogP contribution in [-0.2, 0) is 4.79 Å². The second-order valence-corrected chi connectivity index (χ2v) is 8.13. The SMILES string of the molecule is O=C(O)c1ccc(N2C(=O)/C(=C\c3ccc(-c4ccccc4Cl)o3)SC2=S)cc1. The molecule has 0 radical (unpaired) electrons. The highest BCUT2D eigenvalue weighted by molar-refractivity contribution is 8.27. The van der Waals surface area contributed by atoms with Gasteiger partial charge >= 0.3 is 5.97 Å². The molecule has 2 aromatic carbocycles. The molecule has 1 amide bonds. The molecule has 0 unspecified atom stereocenters. The third-order valence-electron chi connectivity index (χ3n) is 4.21. The molecule has 4 rings (SSSR count). The molecule has 1 aliphatic heterocycles. The average molecular weight is 442 g/mol. The Balaban J connectivity index is 1.60. The number of furan rings is 1. The Morgan fingerprint density at radius 3 is 2.52 bits per heavy atom. The van der Waals surface area contributed by atoms with Crippen LogP contribution in [0.5, 0.6) is 0 Å². The van der Waals surface area contributed by atoms with Crippen LogP contribution in [0.2, 0.25) is 5.02 Å². The Bertz CT molecular complexity index is 1170. The molecule has 144 valence electrons. The Labute approximate surface area is 180 Å².